The Morgan fingerprint density at radius 1 is 1.67 bits per heavy atom. The van der Waals surface area contributed by atoms with Gasteiger partial charge in [-0.05, 0) is 18.3 Å². The Hall–Kier alpha value is -0.610. The Morgan fingerprint density at radius 3 is 3.00 bits per heavy atom. The maximum Gasteiger partial charge on any atom is 0.185 e. The number of aliphatic hydroxyl groups excluding tert-OH is 1. The van der Waals surface area contributed by atoms with Crippen molar-refractivity contribution >= 4 is 16.5 Å². The van der Waals surface area contributed by atoms with E-state index >= 15 is 0 Å². The molecule has 1 fully saturated rings. The first-order valence-electron chi connectivity index (χ1n) is 5.51. The molecule has 0 aliphatic carbocycles. The molecule has 0 saturated carbocycles. The van der Waals surface area contributed by atoms with E-state index in [0.717, 1.165) is 34.9 Å². The fourth-order valence-electron chi connectivity index (χ4n) is 2.02. The minimum atomic E-state index is 0.110. The summed E-state index contributed by atoms with van der Waals surface area (Å²) >= 11 is 1.61. The quantitative estimate of drug-likeness (QED) is 0.857. The van der Waals surface area contributed by atoms with Gasteiger partial charge in [-0.3, -0.25) is 0 Å². The van der Waals surface area contributed by atoms with Crippen LogP contribution in [0.1, 0.15) is 25.1 Å². The van der Waals surface area contributed by atoms with Crippen LogP contribution in [0.5, 0.6) is 0 Å². The third-order valence-corrected chi connectivity index (χ3v) is 4.18. The molecule has 0 aromatic carbocycles. The highest BCUT2D eigenvalue weighted by Gasteiger charge is 2.26. The number of rotatable bonds is 3. The van der Waals surface area contributed by atoms with Gasteiger partial charge < -0.3 is 10.0 Å². The van der Waals surface area contributed by atoms with E-state index in [4.69, 9.17) is 5.11 Å². The summed E-state index contributed by atoms with van der Waals surface area (Å²) in [6, 6.07) is 0. The summed E-state index contributed by atoms with van der Waals surface area (Å²) < 4.78 is 0. The average Bonchev–Trinajstić information content (AvgIpc) is 2.86. The van der Waals surface area contributed by atoms with Gasteiger partial charge in [-0.15, -0.1) is 0 Å². The van der Waals surface area contributed by atoms with Crippen LogP contribution in [-0.2, 0) is 6.61 Å². The highest BCUT2D eigenvalue weighted by atomic mass is 32.1. The van der Waals surface area contributed by atoms with Crippen molar-refractivity contribution in [3.8, 4) is 0 Å². The summed E-state index contributed by atoms with van der Waals surface area (Å²) in [6.45, 7) is 6.92. The molecule has 1 aromatic heterocycles. The van der Waals surface area contributed by atoms with Gasteiger partial charge in [-0.25, -0.2) is 4.98 Å². The largest absolute Gasteiger partial charge is 0.391 e. The van der Waals surface area contributed by atoms with E-state index in [2.05, 4.69) is 23.7 Å². The highest BCUT2D eigenvalue weighted by Crippen LogP contribution is 2.30. The summed E-state index contributed by atoms with van der Waals surface area (Å²) in [5, 5.41) is 10.1. The van der Waals surface area contributed by atoms with Gasteiger partial charge in [0.1, 0.15) is 0 Å². The SMILES string of the molecule is CC(C)C1CCN(c2ncc(CO)s2)C1. The number of hydrogen-bond acceptors (Lipinski definition) is 4. The first-order valence-corrected chi connectivity index (χ1v) is 6.33. The van der Waals surface area contributed by atoms with Crippen LogP contribution in [0.4, 0.5) is 5.13 Å². The fourth-order valence-corrected chi connectivity index (χ4v) is 2.83. The highest BCUT2D eigenvalue weighted by molar-refractivity contribution is 7.15. The summed E-state index contributed by atoms with van der Waals surface area (Å²) in [6.07, 6.45) is 3.05. The van der Waals surface area contributed by atoms with Crippen molar-refractivity contribution in [2.24, 2.45) is 11.8 Å². The Labute approximate surface area is 94.8 Å². The van der Waals surface area contributed by atoms with E-state index in [1.165, 1.54) is 6.42 Å². The Bertz CT molecular complexity index is 324. The van der Waals surface area contributed by atoms with Crippen molar-refractivity contribution in [1.29, 1.82) is 0 Å². The van der Waals surface area contributed by atoms with Crippen LogP contribution in [-0.4, -0.2) is 23.2 Å². The van der Waals surface area contributed by atoms with Crippen molar-refractivity contribution in [1.82, 2.24) is 4.98 Å². The lowest BCUT2D eigenvalue weighted by Crippen LogP contribution is -2.20. The lowest BCUT2D eigenvalue weighted by molar-refractivity contribution is 0.285. The fraction of sp³-hybridized carbons (Fsp3) is 0.727. The second kappa shape index (κ2) is 4.49. The van der Waals surface area contributed by atoms with Crippen LogP contribution in [0.3, 0.4) is 0 Å². The molecule has 1 aromatic rings. The van der Waals surface area contributed by atoms with Gasteiger partial charge in [0.15, 0.2) is 5.13 Å². The minimum Gasteiger partial charge on any atom is -0.391 e. The predicted octanol–water partition coefficient (Wildman–Crippen LogP) is 2.12. The zero-order chi connectivity index (χ0) is 10.8. The van der Waals surface area contributed by atoms with E-state index in [-0.39, 0.29) is 6.61 Å². The molecule has 1 aliphatic rings. The Morgan fingerprint density at radius 2 is 2.47 bits per heavy atom. The van der Waals surface area contributed by atoms with E-state index < -0.39 is 0 Å². The van der Waals surface area contributed by atoms with Crippen molar-refractivity contribution in [2.75, 3.05) is 18.0 Å². The number of anilines is 1. The average molecular weight is 226 g/mol. The van der Waals surface area contributed by atoms with Crippen molar-refractivity contribution in [2.45, 2.75) is 26.9 Å². The zero-order valence-electron chi connectivity index (χ0n) is 9.31. The van der Waals surface area contributed by atoms with Crippen LogP contribution in [0, 0.1) is 11.8 Å². The van der Waals surface area contributed by atoms with Crippen molar-refractivity contribution in [3.05, 3.63) is 11.1 Å². The first kappa shape index (κ1) is 10.9. The Kier molecular flexibility index (Phi) is 3.26. The van der Waals surface area contributed by atoms with E-state index in [1.54, 1.807) is 17.5 Å². The van der Waals surface area contributed by atoms with E-state index in [0.29, 0.717) is 0 Å². The molecular formula is C11H18N2OS. The molecular weight excluding hydrogens is 208 g/mol. The molecule has 15 heavy (non-hydrogen) atoms. The first-order chi connectivity index (χ1) is 7.20. The molecule has 4 heteroatoms. The number of hydrogen-bond donors (Lipinski definition) is 1. The molecule has 1 unspecified atom stereocenters. The van der Waals surface area contributed by atoms with Crippen LogP contribution in [0.25, 0.3) is 0 Å². The molecule has 0 radical (unpaired) electrons. The molecule has 1 atom stereocenters. The topological polar surface area (TPSA) is 36.4 Å². The summed E-state index contributed by atoms with van der Waals surface area (Å²) in [7, 11) is 0. The maximum atomic E-state index is 8.99. The molecule has 0 spiro atoms. The van der Waals surface area contributed by atoms with Crippen molar-refractivity contribution in [3.63, 3.8) is 0 Å². The van der Waals surface area contributed by atoms with Gasteiger partial charge in [0, 0.05) is 19.3 Å². The second-order valence-electron chi connectivity index (χ2n) is 4.51. The van der Waals surface area contributed by atoms with Crippen LogP contribution in [0.15, 0.2) is 6.20 Å². The molecule has 0 bridgehead atoms. The molecule has 84 valence electrons. The molecule has 0 amide bonds. The van der Waals surface area contributed by atoms with E-state index in [1.807, 2.05) is 0 Å². The van der Waals surface area contributed by atoms with Crippen LogP contribution in [0.2, 0.25) is 0 Å². The lowest BCUT2D eigenvalue weighted by Gasteiger charge is -2.16. The van der Waals surface area contributed by atoms with Gasteiger partial charge in [0.05, 0.1) is 11.5 Å². The third kappa shape index (κ3) is 2.32. The molecule has 2 heterocycles. The van der Waals surface area contributed by atoms with Gasteiger partial charge in [0.2, 0.25) is 0 Å². The second-order valence-corrected chi connectivity index (χ2v) is 5.60. The molecule has 1 N–H and O–H groups in total. The van der Waals surface area contributed by atoms with Gasteiger partial charge >= 0.3 is 0 Å². The molecule has 1 saturated heterocycles. The lowest BCUT2D eigenvalue weighted by atomic mass is 9.95. The number of nitrogens with zero attached hydrogens (tertiary/aromatic N) is 2. The summed E-state index contributed by atoms with van der Waals surface area (Å²) in [5.74, 6) is 1.55. The third-order valence-electron chi connectivity index (χ3n) is 3.14. The predicted molar refractivity (Wildman–Crippen MR) is 63.2 cm³/mol. The number of aliphatic hydroxyl groups is 1. The van der Waals surface area contributed by atoms with Gasteiger partial charge in [-0.1, -0.05) is 25.2 Å². The smallest absolute Gasteiger partial charge is 0.185 e. The Balaban J connectivity index is 2.01. The van der Waals surface area contributed by atoms with Gasteiger partial charge in [-0.2, -0.15) is 0 Å². The zero-order valence-corrected chi connectivity index (χ0v) is 10.1. The minimum absolute atomic E-state index is 0.110. The number of aromatic nitrogens is 1. The molecule has 2 rings (SSSR count). The summed E-state index contributed by atoms with van der Waals surface area (Å²) in [5.41, 5.74) is 0. The van der Waals surface area contributed by atoms with Crippen molar-refractivity contribution < 1.29 is 5.11 Å². The normalized spacial score (nSPS) is 21.6. The molecule has 1 aliphatic heterocycles. The van der Waals surface area contributed by atoms with Gasteiger partial charge in [0.25, 0.3) is 0 Å². The maximum absolute atomic E-state index is 8.99. The van der Waals surface area contributed by atoms with Crippen LogP contribution < -0.4 is 4.90 Å². The number of thiazole rings is 1. The molecule has 3 nitrogen and oxygen atoms in total. The van der Waals surface area contributed by atoms with Crippen LogP contribution >= 0.6 is 11.3 Å². The summed E-state index contributed by atoms with van der Waals surface area (Å²) in [4.78, 5) is 7.65. The standard InChI is InChI=1S/C11H18N2OS/c1-8(2)9-3-4-13(6-9)11-12-5-10(7-14)15-11/h5,8-9,14H,3-4,6-7H2,1-2H3. The van der Waals surface area contributed by atoms with E-state index in [9.17, 15) is 0 Å². The monoisotopic (exact) mass is 226 g/mol.